The highest BCUT2D eigenvalue weighted by molar-refractivity contribution is 5.87. The zero-order valence-corrected chi connectivity index (χ0v) is 18.6. The first-order valence-corrected chi connectivity index (χ1v) is 10.3. The van der Waals surface area contributed by atoms with Gasteiger partial charge in [-0.1, -0.05) is 44.2 Å². The van der Waals surface area contributed by atoms with E-state index in [9.17, 15) is 29.4 Å². The van der Waals surface area contributed by atoms with E-state index < -0.39 is 41.3 Å². The van der Waals surface area contributed by atoms with Crippen LogP contribution in [0.5, 0.6) is 0 Å². The Hall–Kier alpha value is -3.40. The largest absolute Gasteiger partial charge is 0.480 e. The van der Waals surface area contributed by atoms with E-state index in [2.05, 4.69) is 10.6 Å². The predicted molar refractivity (Wildman–Crippen MR) is 120 cm³/mol. The molecule has 1 heterocycles. The molecule has 1 aromatic heterocycles. The third kappa shape index (κ3) is 6.30. The summed E-state index contributed by atoms with van der Waals surface area (Å²) in [6, 6.07) is 8.15. The second-order valence-corrected chi connectivity index (χ2v) is 8.18. The van der Waals surface area contributed by atoms with Gasteiger partial charge in [0.1, 0.15) is 11.9 Å². The van der Waals surface area contributed by atoms with Crippen molar-refractivity contribution in [2.45, 2.75) is 44.9 Å². The van der Waals surface area contributed by atoms with Crippen molar-refractivity contribution in [3.8, 4) is 0 Å². The summed E-state index contributed by atoms with van der Waals surface area (Å²) < 4.78 is 2.13. The number of hydrogen-bond donors (Lipinski definition) is 4. The number of carboxylic acid groups (broad SMARTS) is 1. The van der Waals surface area contributed by atoms with Crippen LogP contribution in [-0.2, 0) is 30.1 Å². The van der Waals surface area contributed by atoms with Crippen LogP contribution < -0.4 is 21.9 Å². The van der Waals surface area contributed by atoms with Crippen molar-refractivity contribution in [3.63, 3.8) is 0 Å². The van der Waals surface area contributed by atoms with E-state index in [1.165, 1.54) is 24.7 Å². The maximum absolute atomic E-state index is 12.7. The van der Waals surface area contributed by atoms with E-state index in [1.54, 1.807) is 24.3 Å². The van der Waals surface area contributed by atoms with Gasteiger partial charge >= 0.3 is 11.7 Å². The van der Waals surface area contributed by atoms with E-state index in [1.807, 2.05) is 19.9 Å². The van der Waals surface area contributed by atoms with Crippen LogP contribution in [0.1, 0.15) is 25.8 Å². The highest BCUT2D eigenvalue weighted by Gasteiger charge is 2.31. The number of rotatable bonds is 10. The molecule has 2 aromatic rings. The molecule has 4 N–H and O–H groups in total. The van der Waals surface area contributed by atoms with Crippen molar-refractivity contribution in [3.05, 3.63) is 62.8 Å². The summed E-state index contributed by atoms with van der Waals surface area (Å²) in [6.45, 7) is 3.66. The van der Waals surface area contributed by atoms with Gasteiger partial charge in [-0.2, -0.15) is 0 Å². The lowest BCUT2D eigenvalue weighted by Gasteiger charge is -2.27. The van der Waals surface area contributed by atoms with E-state index in [-0.39, 0.29) is 24.6 Å². The summed E-state index contributed by atoms with van der Waals surface area (Å²) in [7, 11) is 2.80. The summed E-state index contributed by atoms with van der Waals surface area (Å²) >= 11 is 0. The molecule has 0 aliphatic rings. The number of nitrogens with zero attached hydrogens (tertiary/aromatic N) is 2. The molecule has 0 unspecified atom stereocenters. The number of aromatic nitrogens is 2. The molecule has 0 spiro atoms. The zero-order valence-electron chi connectivity index (χ0n) is 18.6. The molecule has 10 heteroatoms. The molecule has 174 valence electrons. The number of amides is 1. The molecule has 1 amide bonds. The van der Waals surface area contributed by atoms with Crippen LogP contribution in [-0.4, -0.2) is 49.4 Å². The minimum atomic E-state index is -1.65. The monoisotopic (exact) mass is 446 g/mol. The number of aliphatic hydroxyl groups excluding tert-OH is 1. The van der Waals surface area contributed by atoms with Crippen molar-refractivity contribution in [1.29, 1.82) is 0 Å². The van der Waals surface area contributed by atoms with Crippen LogP contribution in [0.3, 0.4) is 0 Å². The molecule has 1 aromatic carbocycles. The number of nitrogens with one attached hydrogen (secondary N) is 2. The number of hydrogen-bond acceptors (Lipinski definition) is 6. The molecule has 32 heavy (non-hydrogen) atoms. The van der Waals surface area contributed by atoms with Gasteiger partial charge in [-0.05, 0) is 24.3 Å². The molecule has 0 saturated heterocycles. The highest BCUT2D eigenvalue weighted by atomic mass is 16.4. The lowest BCUT2D eigenvalue weighted by molar-refractivity contribution is -0.144. The SMILES string of the molecule is CC(C)C[C@H](NC(=O)[C@@H](O)[C@H](Cc1ccccc1)Nc1cc(=O)n(C)c(=O)n1C)C(=O)O. The molecule has 3 atom stereocenters. The third-order valence-electron chi connectivity index (χ3n) is 5.13. The van der Waals surface area contributed by atoms with Gasteiger partial charge in [-0.25, -0.2) is 9.59 Å². The smallest absolute Gasteiger partial charge is 0.332 e. The number of carbonyl (C=O) groups is 2. The first kappa shape index (κ1) is 24.9. The summed E-state index contributed by atoms with van der Waals surface area (Å²) in [5.74, 6) is -1.91. The Bertz CT molecular complexity index is 1060. The van der Waals surface area contributed by atoms with Gasteiger partial charge in [0.2, 0.25) is 0 Å². The molecule has 0 saturated carbocycles. The first-order valence-electron chi connectivity index (χ1n) is 10.3. The predicted octanol–water partition coefficient (Wildman–Crippen LogP) is 0.0836. The van der Waals surface area contributed by atoms with E-state index in [0.717, 1.165) is 10.1 Å². The fraction of sp³-hybridized carbons (Fsp3) is 0.455. The van der Waals surface area contributed by atoms with Crippen LogP contribution >= 0.6 is 0 Å². The number of aliphatic hydroxyl groups is 1. The van der Waals surface area contributed by atoms with E-state index >= 15 is 0 Å². The molecular formula is C22H30N4O6. The van der Waals surface area contributed by atoms with Gasteiger partial charge in [-0.3, -0.25) is 18.7 Å². The maximum atomic E-state index is 12.7. The molecular weight excluding hydrogens is 416 g/mol. The van der Waals surface area contributed by atoms with Crippen molar-refractivity contribution in [1.82, 2.24) is 14.5 Å². The maximum Gasteiger partial charge on any atom is 0.332 e. The topological polar surface area (TPSA) is 143 Å². The molecule has 0 radical (unpaired) electrons. The number of carboxylic acids is 1. The average molecular weight is 447 g/mol. The van der Waals surface area contributed by atoms with Crippen molar-refractivity contribution in [2.75, 3.05) is 5.32 Å². The molecule has 2 rings (SSSR count). The van der Waals surface area contributed by atoms with Crippen LogP contribution in [0, 0.1) is 5.92 Å². The van der Waals surface area contributed by atoms with Crippen molar-refractivity contribution < 1.29 is 19.8 Å². The Morgan fingerprint density at radius 1 is 1.06 bits per heavy atom. The first-order chi connectivity index (χ1) is 15.0. The third-order valence-corrected chi connectivity index (χ3v) is 5.13. The Kier molecular flexibility index (Phi) is 8.36. The number of aliphatic carboxylic acids is 1. The second-order valence-electron chi connectivity index (χ2n) is 8.18. The second kappa shape index (κ2) is 10.8. The van der Waals surface area contributed by atoms with Gasteiger partial charge in [0, 0.05) is 20.2 Å². The van der Waals surface area contributed by atoms with Gasteiger partial charge in [0.05, 0.1) is 6.04 Å². The molecule has 10 nitrogen and oxygen atoms in total. The Morgan fingerprint density at radius 2 is 1.69 bits per heavy atom. The Balaban J connectivity index is 2.34. The minimum absolute atomic E-state index is 0.0156. The standard InChI is InChI=1S/C22H30N4O6/c1-13(2)10-16(21(30)31)24-20(29)19(28)15(11-14-8-6-5-7-9-14)23-17-12-18(27)26(4)22(32)25(17)3/h5-9,12-13,15-16,19,23,28H,10-11H2,1-4H3,(H,24,29)(H,30,31)/t15-,16-,19-/m0/s1. The van der Waals surface area contributed by atoms with Crippen molar-refractivity contribution >= 4 is 17.7 Å². The van der Waals surface area contributed by atoms with Crippen LogP contribution in [0.4, 0.5) is 5.82 Å². The Labute approximate surface area is 185 Å². The van der Waals surface area contributed by atoms with Gasteiger partial charge < -0.3 is 20.8 Å². The molecule has 0 aliphatic carbocycles. The Morgan fingerprint density at radius 3 is 2.25 bits per heavy atom. The lowest BCUT2D eigenvalue weighted by atomic mass is 9.99. The number of carbonyl (C=O) groups excluding carboxylic acids is 1. The zero-order chi connectivity index (χ0) is 24.0. The fourth-order valence-electron chi connectivity index (χ4n) is 3.30. The van der Waals surface area contributed by atoms with Gasteiger partial charge in [0.25, 0.3) is 11.5 Å². The summed E-state index contributed by atoms with van der Waals surface area (Å²) in [5.41, 5.74) is -0.321. The van der Waals surface area contributed by atoms with Gasteiger partial charge in [0.15, 0.2) is 6.10 Å². The molecule has 0 aliphatic heterocycles. The average Bonchev–Trinajstić information content (AvgIpc) is 2.74. The quantitative estimate of drug-likeness (QED) is 0.405. The number of anilines is 1. The van der Waals surface area contributed by atoms with Crippen LogP contribution in [0.15, 0.2) is 46.0 Å². The summed E-state index contributed by atoms with van der Waals surface area (Å²) in [4.78, 5) is 48.6. The van der Waals surface area contributed by atoms with Gasteiger partial charge in [-0.15, -0.1) is 0 Å². The highest BCUT2D eigenvalue weighted by Crippen LogP contribution is 2.13. The fourth-order valence-corrected chi connectivity index (χ4v) is 3.30. The molecule has 0 fully saturated rings. The summed E-state index contributed by atoms with van der Waals surface area (Å²) in [6.07, 6.45) is -1.27. The van der Waals surface area contributed by atoms with E-state index in [4.69, 9.17) is 0 Å². The van der Waals surface area contributed by atoms with Crippen LogP contribution in [0.25, 0.3) is 0 Å². The minimum Gasteiger partial charge on any atom is -0.480 e. The normalized spacial score (nSPS) is 13.9. The molecule has 0 bridgehead atoms. The summed E-state index contributed by atoms with van der Waals surface area (Å²) in [5, 5.41) is 25.5. The number of benzene rings is 1. The van der Waals surface area contributed by atoms with Crippen molar-refractivity contribution in [2.24, 2.45) is 20.0 Å². The van der Waals surface area contributed by atoms with Crippen LogP contribution in [0.2, 0.25) is 0 Å². The van der Waals surface area contributed by atoms with E-state index in [0.29, 0.717) is 0 Å². The lowest BCUT2D eigenvalue weighted by Crippen LogP contribution is -2.52.